The van der Waals surface area contributed by atoms with Gasteiger partial charge in [0.25, 0.3) is 0 Å². The number of carboxylic acid groups (broad SMARTS) is 1. The molecule has 1 radical (unpaired) electrons. The number of rotatable bonds is 7. The van der Waals surface area contributed by atoms with E-state index in [0.717, 1.165) is 49.9 Å². The number of benzene rings is 1. The Morgan fingerprint density at radius 1 is 1.52 bits per heavy atom. The number of aryl methyl sites for hydroxylation is 1. The SMILES string of the molecule is N=CC(=CN)CCN1CC(Oc2ccc3c(c2C(=O)O)O[B]CC3)C1. The summed E-state index contributed by atoms with van der Waals surface area (Å²) in [6.45, 7) is 2.24. The molecule has 1 fully saturated rings. The maximum atomic E-state index is 11.7. The molecule has 0 atom stereocenters. The Labute approximate surface area is 147 Å². The molecule has 4 N–H and O–H groups in total. The number of hydrogen-bond acceptors (Lipinski definition) is 6. The summed E-state index contributed by atoms with van der Waals surface area (Å²) in [5, 5.41) is 16.8. The van der Waals surface area contributed by atoms with E-state index in [-0.39, 0.29) is 11.7 Å². The quantitative estimate of drug-likeness (QED) is 0.509. The minimum atomic E-state index is -1.04. The number of carboxylic acids is 1. The lowest BCUT2D eigenvalue weighted by atomic mass is 9.85. The van der Waals surface area contributed by atoms with E-state index in [4.69, 9.17) is 20.5 Å². The molecule has 1 saturated heterocycles. The molecule has 0 amide bonds. The molecule has 131 valence electrons. The van der Waals surface area contributed by atoms with Crippen LogP contribution in [0.4, 0.5) is 0 Å². The summed E-state index contributed by atoms with van der Waals surface area (Å²) in [5.41, 5.74) is 7.22. The normalized spacial score (nSPS) is 17.7. The Bertz CT molecular complexity index is 701. The summed E-state index contributed by atoms with van der Waals surface area (Å²) < 4.78 is 11.4. The third-order valence-corrected chi connectivity index (χ3v) is 4.48. The van der Waals surface area contributed by atoms with Crippen LogP contribution >= 0.6 is 0 Å². The second-order valence-electron chi connectivity index (χ2n) is 6.19. The van der Waals surface area contributed by atoms with Crippen LogP contribution in [0.5, 0.6) is 11.5 Å². The van der Waals surface area contributed by atoms with Crippen molar-refractivity contribution in [3.05, 3.63) is 35.0 Å². The molecule has 25 heavy (non-hydrogen) atoms. The highest BCUT2D eigenvalue weighted by Crippen LogP contribution is 2.36. The molecule has 2 aliphatic heterocycles. The van der Waals surface area contributed by atoms with Gasteiger partial charge < -0.3 is 25.6 Å². The third kappa shape index (κ3) is 3.79. The molecule has 0 bridgehead atoms. The summed E-state index contributed by atoms with van der Waals surface area (Å²) >= 11 is 0. The van der Waals surface area contributed by atoms with Gasteiger partial charge in [-0.15, -0.1) is 0 Å². The van der Waals surface area contributed by atoms with Crippen molar-refractivity contribution in [3.63, 3.8) is 0 Å². The minimum Gasteiger partial charge on any atom is -0.562 e. The van der Waals surface area contributed by atoms with Gasteiger partial charge in [0.15, 0.2) is 0 Å². The molecule has 0 aromatic heterocycles. The molecule has 1 aromatic carbocycles. The van der Waals surface area contributed by atoms with Gasteiger partial charge in [0.05, 0.1) is 0 Å². The van der Waals surface area contributed by atoms with E-state index in [1.807, 2.05) is 6.07 Å². The van der Waals surface area contributed by atoms with E-state index >= 15 is 0 Å². The molecule has 3 rings (SSSR count). The molecule has 2 aliphatic rings. The van der Waals surface area contributed by atoms with Crippen LogP contribution in [0.1, 0.15) is 22.3 Å². The minimum absolute atomic E-state index is 0.0472. The number of fused-ring (bicyclic) bond motifs is 1. The number of hydrogen-bond donors (Lipinski definition) is 3. The van der Waals surface area contributed by atoms with E-state index < -0.39 is 5.97 Å². The highest BCUT2D eigenvalue weighted by Gasteiger charge is 2.31. The highest BCUT2D eigenvalue weighted by atomic mass is 16.5. The molecular weight excluding hydrogens is 321 g/mol. The fourth-order valence-corrected chi connectivity index (χ4v) is 3.05. The number of nitrogens with zero attached hydrogens (tertiary/aromatic N) is 1. The van der Waals surface area contributed by atoms with Crippen LogP contribution in [-0.4, -0.2) is 55.4 Å². The van der Waals surface area contributed by atoms with Crippen molar-refractivity contribution < 1.29 is 19.3 Å². The monoisotopic (exact) mass is 342 g/mol. The number of carbonyl (C=O) groups is 1. The topological polar surface area (TPSA) is 109 Å². The van der Waals surface area contributed by atoms with Gasteiger partial charge in [0.1, 0.15) is 23.2 Å². The number of aromatic carboxylic acids is 1. The first-order valence-corrected chi connectivity index (χ1v) is 8.30. The van der Waals surface area contributed by atoms with Crippen LogP contribution in [0, 0.1) is 5.41 Å². The first kappa shape index (κ1) is 17.4. The van der Waals surface area contributed by atoms with Gasteiger partial charge in [0, 0.05) is 25.8 Å². The predicted octanol–water partition coefficient (Wildman–Crippen LogP) is 1.30. The van der Waals surface area contributed by atoms with Gasteiger partial charge in [-0.05, 0) is 42.6 Å². The van der Waals surface area contributed by atoms with Crippen molar-refractivity contribution >= 4 is 19.7 Å². The number of nitrogens with one attached hydrogen (secondary N) is 1. The average Bonchev–Trinajstić information content (AvgIpc) is 2.59. The van der Waals surface area contributed by atoms with Gasteiger partial charge in [0.2, 0.25) is 0 Å². The van der Waals surface area contributed by atoms with Crippen molar-refractivity contribution in [2.24, 2.45) is 5.73 Å². The summed E-state index contributed by atoms with van der Waals surface area (Å²) in [6, 6.07) is 3.60. The second-order valence-corrected chi connectivity index (χ2v) is 6.19. The fourth-order valence-electron chi connectivity index (χ4n) is 3.05. The molecule has 2 heterocycles. The fraction of sp³-hybridized carbons (Fsp3) is 0.412. The van der Waals surface area contributed by atoms with Crippen LogP contribution in [-0.2, 0) is 6.42 Å². The first-order chi connectivity index (χ1) is 12.1. The van der Waals surface area contributed by atoms with Crippen LogP contribution in [0.2, 0.25) is 6.32 Å². The summed E-state index contributed by atoms with van der Waals surface area (Å²) in [4.78, 5) is 13.8. The lowest BCUT2D eigenvalue weighted by molar-refractivity contribution is 0.0199. The highest BCUT2D eigenvalue weighted by molar-refractivity contribution is 6.29. The predicted molar refractivity (Wildman–Crippen MR) is 94.8 cm³/mol. The Morgan fingerprint density at radius 2 is 2.32 bits per heavy atom. The Balaban J connectivity index is 1.61. The first-order valence-electron chi connectivity index (χ1n) is 8.30. The summed E-state index contributed by atoms with van der Waals surface area (Å²) in [6.07, 6.45) is 4.93. The molecular formula is C17H21BN3O4. The van der Waals surface area contributed by atoms with E-state index in [2.05, 4.69) is 4.90 Å². The van der Waals surface area contributed by atoms with E-state index in [9.17, 15) is 9.90 Å². The smallest absolute Gasteiger partial charge is 0.370 e. The van der Waals surface area contributed by atoms with E-state index in [0.29, 0.717) is 11.5 Å². The van der Waals surface area contributed by atoms with Crippen molar-refractivity contribution in [1.29, 1.82) is 5.41 Å². The Hall–Kier alpha value is -2.48. The summed E-state index contributed by atoms with van der Waals surface area (Å²) in [5.74, 6) is -0.286. The number of likely N-dealkylation sites (tertiary alicyclic amines) is 1. The van der Waals surface area contributed by atoms with Gasteiger partial charge in [-0.3, -0.25) is 4.90 Å². The van der Waals surface area contributed by atoms with Crippen LogP contribution in [0.3, 0.4) is 0 Å². The lowest BCUT2D eigenvalue weighted by Gasteiger charge is -2.39. The number of nitrogens with two attached hydrogens (primary N) is 1. The molecule has 1 aromatic rings. The average molecular weight is 342 g/mol. The van der Waals surface area contributed by atoms with Gasteiger partial charge in [-0.2, -0.15) is 0 Å². The maximum Gasteiger partial charge on any atom is 0.370 e. The molecule has 7 nitrogen and oxygen atoms in total. The Morgan fingerprint density at radius 3 is 3.00 bits per heavy atom. The van der Waals surface area contributed by atoms with Crippen molar-refractivity contribution in [2.75, 3.05) is 19.6 Å². The lowest BCUT2D eigenvalue weighted by Crippen LogP contribution is -2.54. The third-order valence-electron chi connectivity index (χ3n) is 4.48. The van der Waals surface area contributed by atoms with E-state index in [1.54, 1.807) is 13.5 Å². The van der Waals surface area contributed by atoms with E-state index in [1.165, 1.54) is 12.4 Å². The molecule has 0 aliphatic carbocycles. The van der Waals surface area contributed by atoms with Crippen LogP contribution in [0.15, 0.2) is 23.9 Å². The molecule has 0 unspecified atom stereocenters. The zero-order valence-corrected chi connectivity index (χ0v) is 13.9. The second kappa shape index (κ2) is 7.61. The molecule has 0 spiro atoms. The maximum absolute atomic E-state index is 11.7. The van der Waals surface area contributed by atoms with Crippen LogP contribution < -0.4 is 15.1 Å². The zero-order chi connectivity index (χ0) is 17.8. The molecule has 0 saturated carbocycles. The zero-order valence-electron chi connectivity index (χ0n) is 13.9. The standard InChI is InChI=1S/C17H21BN3O4/c19-7-11(8-20)4-6-21-9-13(10-21)24-14-2-1-12-3-5-18-25-16(12)15(14)17(22)23/h1-2,7-8,13,19H,3-6,9-10,20H2,(H,22,23). The largest absolute Gasteiger partial charge is 0.562 e. The van der Waals surface area contributed by atoms with Gasteiger partial charge >= 0.3 is 13.5 Å². The van der Waals surface area contributed by atoms with Gasteiger partial charge in [-0.1, -0.05) is 6.07 Å². The number of ether oxygens (including phenoxy) is 1. The van der Waals surface area contributed by atoms with Gasteiger partial charge in [-0.25, -0.2) is 4.79 Å². The van der Waals surface area contributed by atoms with Crippen molar-refractivity contribution in [1.82, 2.24) is 4.90 Å². The van der Waals surface area contributed by atoms with Crippen molar-refractivity contribution in [3.8, 4) is 11.5 Å². The molecule has 8 heteroatoms. The Kier molecular flexibility index (Phi) is 5.28. The summed E-state index contributed by atoms with van der Waals surface area (Å²) in [7, 11) is 1.63. The van der Waals surface area contributed by atoms with Crippen LogP contribution in [0.25, 0.3) is 0 Å². The van der Waals surface area contributed by atoms with Crippen molar-refractivity contribution in [2.45, 2.75) is 25.3 Å².